The van der Waals surface area contributed by atoms with E-state index in [1.807, 2.05) is 0 Å². The zero-order chi connectivity index (χ0) is 15.0. The molecule has 1 aromatic carbocycles. The van der Waals surface area contributed by atoms with Gasteiger partial charge in [-0.05, 0) is 31.4 Å². The van der Waals surface area contributed by atoms with Crippen molar-refractivity contribution in [3.63, 3.8) is 0 Å². The number of carbonyl (C=O) groups is 1. The Balaban J connectivity index is 1.87. The minimum atomic E-state index is -0.940. The summed E-state index contributed by atoms with van der Waals surface area (Å²) in [6.45, 7) is 0. The lowest BCUT2D eigenvalue weighted by atomic mass is 9.91. The van der Waals surface area contributed by atoms with Gasteiger partial charge in [-0.2, -0.15) is 0 Å². The second-order valence-electron chi connectivity index (χ2n) is 4.86. The minimum Gasteiger partial charge on any atom is -0.481 e. The molecule has 1 aliphatic carbocycles. The molecule has 2 aromatic rings. The highest BCUT2D eigenvalue weighted by molar-refractivity contribution is 7.15. The van der Waals surface area contributed by atoms with Crippen LogP contribution in [0.5, 0.6) is 0 Å². The number of hydrogen-bond donors (Lipinski definition) is 2. The molecule has 1 unspecified atom stereocenters. The fourth-order valence-electron chi connectivity index (χ4n) is 2.41. The SMILES string of the molecule is O=C(O)C1CCCc2sc(Nc3ccc(F)c(F)c3)nc21. The lowest BCUT2D eigenvalue weighted by molar-refractivity contribution is -0.139. The summed E-state index contributed by atoms with van der Waals surface area (Å²) in [6, 6.07) is 3.49. The minimum absolute atomic E-state index is 0.381. The first-order chi connectivity index (χ1) is 10.0. The van der Waals surface area contributed by atoms with Gasteiger partial charge in [0.2, 0.25) is 0 Å². The third-order valence-electron chi connectivity index (χ3n) is 3.42. The number of carboxylic acid groups (broad SMARTS) is 1. The number of aryl methyl sites for hydroxylation is 1. The summed E-state index contributed by atoms with van der Waals surface area (Å²) in [5, 5.41) is 12.6. The average Bonchev–Trinajstić information content (AvgIpc) is 2.84. The van der Waals surface area contributed by atoms with E-state index >= 15 is 0 Å². The van der Waals surface area contributed by atoms with Crippen LogP contribution in [0.4, 0.5) is 19.6 Å². The summed E-state index contributed by atoms with van der Waals surface area (Å²) in [4.78, 5) is 16.5. The van der Waals surface area contributed by atoms with Crippen LogP contribution < -0.4 is 5.32 Å². The van der Waals surface area contributed by atoms with Gasteiger partial charge in [0.05, 0.1) is 5.69 Å². The monoisotopic (exact) mass is 310 g/mol. The molecule has 0 radical (unpaired) electrons. The molecule has 110 valence electrons. The number of rotatable bonds is 3. The molecule has 0 saturated carbocycles. The van der Waals surface area contributed by atoms with Gasteiger partial charge in [0.1, 0.15) is 5.92 Å². The molecular formula is C14H12F2N2O2S. The quantitative estimate of drug-likeness (QED) is 0.908. The molecule has 3 rings (SSSR count). The Morgan fingerprint density at radius 2 is 2.19 bits per heavy atom. The number of nitrogens with zero attached hydrogens (tertiary/aromatic N) is 1. The van der Waals surface area contributed by atoms with Crippen LogP contribution in [0, 0.1) is 11.6 Å². The van der Waals surface area contributed by atoms with Crippen molar-refractivity contribution in [1.29, 1.82) is 0 Å². The highest BCUT2D eigenvalue weighted by atomic mass is 32.1. The smallest absolute Gasteiger partial charge is 0.312 e. The van der Waals surface area contributed by atoms with Crippen LogP contribution in [-0.4, -0.2) is 16.1 Å². The van der Waals surface area contributed by atoms with Gasteiger partial charge in [-0.1, -0.05) is 0 Å². The van der Waals surface area contributed by atoms with Gasteiger partial charge in [-0.3, -0.25) is 4.79 Å². The van der Waals surface area contributed by atoms with E-state index in [0.717, 1.165) is 29.9 Å². The number of anilines is 2. The largest absolute Gasteiger partial charge is 0.481 e. The molecule has 1 aromatic heterocycles. The van der Waals surface area contributed by atoms with E-state index in [1.165, 1.54) is 17.4 Å². The van der Waals surface area contributed by atoms with Crippen LogP contribution in [0.1, 0.15) is 29.3 Å². The van der Waals surface area contributed by atoms with E-state index < -0.39 is 23.5 Å². The normalized spacial score (nSPS) is 17.3. The summed E-state index contributed by atoms with van der Waals surface area (Å²) in [5.74, 6) is -3.30. The van der Waals surface area contributed by atoms with E-state index in [1.54, 1.807) is 0 Å². The van der Waals surface area contributed by atoms with Gasteiger partial charge < -0.3 is 10.4 Å². The number of fused-ring (bicyclic) bond motifs is 1. The molecule has 2 N–H and O–H groups in total. The highest BCUT2D eigenvalue weighted by Gasteiger charge is 2.30. The standard InChI is InChI=1S/C14H12F2N2O2S/c15-9-5-4-7(6-10(9)16)17-14-18-12-8(13(19)20)2-1-3-11(12)21-14/h4-6,8H,1-3H2,(H,17,18)(H,19,20). The molecule has 4 nitrogen and oxygen atoms in total. The summed E-state index contributed by atoms with van der Waals surface area (Å²) in [6.07, 6.45) is 2.20. The maximum Gasteiger partial charge on any atom is 0.312 e. The van der Waals surface area contributed by atoms with Crippen LogP contribution in [0.2, 0.25) is 0 Å². The summed E-state index contributed by atoms with van der Waals surface area (Å²) in [7, 11) is 0. The molecule has 1 aliphatic rings. The average molecular weight is 310 g/mol. The molecule has 1 atom stereocenters. The molecule has 0 amide bonds. The Morgan fingerprint density at radius 1 is 1.38 bits per heavy atom. The van der Waals surface area contributed by atoms with Gasteiger partial charge >= 0.3 is 5.97 Å². The van der Waals surface area contributed by atoms with E-state index in [2.05, 4.69) is 10.3 Å². The molecule has 0 aliphatic heterocycles. The van der Waals surface area contributed by atoms with Crippen molar-refractivity contribution in [2.75, 3.05) is 5.32 Å². The van der Waals surface area contributed by atoms with Crippen LogP contribution in [-0.2, 0) is 11.2 Å². The molecule has 1 heterocycles. The Morgan fingerprint density at radius 3 is 2.90 bits per heavy atom. The zero-order valence-corrected chi connectivity index (χ0v) is 11.7. The molecule has 7 heteroatoms. The first-order valence-corrected chi connectivity index (χ1v) is 7.30. The van der Waals surface area contributed by atoms with Crippen molar-refractivity contribution >= 4 is 28.1 Å². The van der Waals surface area contributed by atoms with Gasteiger partial charge in [0, 0.05) is 16.6 Å². The van der Waals surface area contributed by atoms with Gasteiger partial charge in [-0.25, -0.2) is 13.8 Å². The van der Waals surface area contributed by atoms with E-state index in [0.29, 0.717) is 22.9 Å². The zero-order valence-electron chi connectivity index (χ0n) is 10.9. The molecule has 0 saturated heterocycles. The summed E-state index contributed by atoms with van der Waals surface area (Å²) < 4.78 is 26.0. The van der Waals surface area contributed by atoms with Gasteiger partial charge in [-0.15, -0.1) is 11.3 Å². The predicted octanol–water partition coefficient (Wildman–Crippen LogP) is 3.67. The van der Waals surface area contributed by atoms with Crippen molar-refractivity contribution in [3.05, 3.63) is 40.4 Å². The van der Waals surface area contributed by atoms with Crippen molar-refractivity contribution in [3.8, 4) is 0 Å². The molecule has 21 heavy (non-hydrogen) atoms. The number of carboxylic acids is 1. The lowest BCUT2D eigenvalue weighted by Crippen LogP contribution is -2.17. The van der Waals surface area contributed by atoms with Crippen LogP contribution in [0.25, 0.3) is 0 Å². The fraction of sp³-hybridized carbons (Fsp3) is 0.286. The first-order valence-electron chi connectivity index (χ1n) is 6.49. The summed E-state index contributed by atoms with van der Waals surface area (Å²) in [5.41, 5.74) is 0.968. The number of aliphatic carboxylic acids is 1. The van der Waals surface area contributed by atoms with Crippen molar-refractivity contribution in [2.24, 2.45) is 0 Å². The van der Waals surface area contributed by atoms with E-state index in [4.69, 9.17) is 0 Å². The molecule has 0 spiro atoms. The topological polar surface area (TPSA) is 62.2 Å². The Bertz CT molecular complexity index is 702. The molecule has 0 fully saturated rings. The van der Waals surface area contributed by atoms with Crippen LogP contribution in [0.3, 0.4) is 0 Å². The number of nitrogens with one attached hydrogen (secondary N) is 1. The third kappa shape index (κ3) is 2.73. The highest BCUT2D eigenvalue weighted by Crippen LogP contribution is 2.37. The Kier molecular flexibility index (Phi) is 3.59. The predicted molar refractivity (Wildman–Crippen MR) is 75.1 cm³/mol. The van der Waals surface area contributed by atoms with Crippen molar-refractivity contribution < 1.29 is 18.7 Å². The number of benzene rings is 1. The number of halogens is 2. The lowest BCUT2D eigenvalue weighted by Gasteiger charge is -2.16. The van der Waals surface area contributed by atoms with Crippen molar-refractivity contribution in [2.45, 2.75) is 25.2 Å². The Labute approximate surface area is 123 Å². The van der Waals surface area contributed by atoms with E-state index in [9.17, 15) is 18.7 Å². The summed E-state index contributed by atoms with van der Waals surface area (Å²) >= 11 is 1.36. The second kappa shape index (κ2) is 5.40. The maximum absolute atomic E-state index is 13.2. The third-order valence-corrected chi connectivity index (χ3v) is 4.47. The van der Waals surface area contributed by atoms with E-state index in [-0.39, 0.29) is 0 Å². The maximum atomic E-state index is 13.2. The van der Waals surface area contributed by atoms with Gasteiger partial charge in [0.15, 0.2) is 16.8 Å². The van der Waals surface area contributed by atoms with Crippen LogP contribution in [0.15, 0.2) is 18.2 Å². The first kappa shape index (κ1) is 13.9. The second-order valence-corrected chi connectivity index (χ2v) is 5.95. The van der Waals surface area contributed by atoms with Gasteiger partial charge in [0.25, 0.3) is 0 Å². The molecule has 0 bridgehead atoms. The van der Waals surface area contributed by atoms with Crippen molar-refractivity contribution in [1.82, 2.24) is 4.98 Å². The number of hydrogen-bond acceptors (Lipinski definition) is 4. The Hall–Kier alpha value is -2.02. The molecular weight excluding hydrogens is 298 g/mol. The number of thiazole rings is 1. The fourth-order valence-corrected chi connectivity index (χ4v) is 3.49. The number of aromatic nitrogens is 1. The van der Waals surface area contributed by atoms with Crippen LogP contribution >= 0.6 is 11.3 Å².